The molecule has 0 spiro atoms. The lowest BCUT2D eigenvalue weighted by Crippen LogP contribution is -2.12. The fraction of sp³-hybridized carbons (Fsp3) is 0.158. The summed E-state index contributed by atoms with van der Waals surface area (Å²) < 4.78 is 6.84. The molecule has 1 aromatic heterocycles. The van der Waals surface area contributed by atoms with Gasteiger partial charge in [-0.2, -0.15) is 0 Å². The van der Waals surface area contributed by atoms with Crippen molar-refractivity contribution in [1.82, 2.24) is 4.57 Å². The van der Waals surface area contributed by atoms with Crippen molar-refractivity contribution in [3.63, 3.8) is 0 Å². The maximum absolute atomic E-state index is 13.0. The topological polar surface area (TPSA) is 68.5 Å². The van der Waals surface area contributed by atoms with E-state index in [0.29, 0.717) is 32.8 Å². The molecule has 1 N–H and O–H groups in total. The molecule has 0 amide bonds. The number of carboxylic acids is 1. The molecule has 5 nitrogen and oxygen atoms in total. The van der Waals surface area contributed by atoms with Crippen LogP contribution in [-0.4, -0.2) is 28.7 Å². The number of hydrogen-bond donors (Lipinski definition) is 1. The number of aliphatic carboxylic acids is 1. The first kappa shape index (κ1) is 17.0. The molecular weight excluding hydrogens is 342 g/mol. The predicted molar refractivity (Wildman–Crippen MR) is 95.7 cm³/mol. The quantitative estimate of drug-likeness (QED) is 0.768. The molecule has 0 atom stereocenters. The number of benzene rings is 2. The molecule has 3 aromatic rings. The molecule has 0 aliphatic heterocycles. The summed E-state index contributed by atoms with van der Waals surface area (Å²) in [4.78, 5) is 24.2. The third kappa shape index (κ3) is 3.10. The highest BCUT2D eigenvalue weighted by Crippen LogP contribution is 2.33. The Balaban J connectivity index is 2.29. The second-order valence-corrected chi connectivity index (χ2v) is 6.15. The van der Waals surface area contributed by atoms with Gasteiger partial charge < -0.3 is 9.84 Å². The van der Waals surface area contributed by atoms with Gasteiger partial charge in [0.1, 0.15) is 5.75 Å². The highest BCUT2D eigenvalue weighted by atomic mass is 35.5. The number of carboxylic acid groups (broad SMARTS) is 1. The number of nitrogens with zero attached hydrogens (tertiary/aromatic N) is 1. The summed E-state index contributed by atoms with van der Waals surface area (Å²) in [5, 5.41) is 10.2. The highest BCUT2D eigenvalue weighted by molar-refractivity contribution is 6.34. The van der Waals surface area contributed by atoms with E-state index in [-0.39, 0.29) is 12.3 Å². The monoisotopic (exact) mass is 357 g/mol. The summed E-state index contributed by atoms with van der Waals surface area (Å²) in [6.45, 7) is 1.89. The third-order valence-electron chi connectivity index (χ3n) is 3.98. The van der Waals surface area contributed by atoms with Gasteiger partial charge in [-0.3, -0.25) is 14.2 Å². The Hall–Kier alpha value is -2.79. The van der Waals surface area contributed by atoms with E-state index in [1.165, 1.54) is 11.7 Å². The smallest absolute Gasteiger partial charge is 0.307 e. The number of aromatic nitrogens is 1. The summed E-state index contributed by atoms with van der Waals surface area (Å²) in [5.74, 6) is -0.800. The van der Waals surface area contributed by atoms with Crippen LogP contribution in [0, 0.1) is 6.92 Å². The van der Waals surface area contributed by atoms with E-state index in [9.17, 15) is 14.7 Å². The molecule has 0 unspecified atom stereocenters. The zero-order valence-electron chi connectivity index (χ0n) is 13.7. The first-order valence-electron chi connectivity index (χ1n) is 7.62. The number of ether oxygens (including phenoxy) is 1. The van der Waals surface area contributed by atoms with Gasteiger partial charge in [0.25, 0.3) is 5.91 Å². The molecule has 0 bridgehead atoms. The normalized spacial score (nSPS) is 10.8. The highest BCUT2D eigenvalue weighted by Gasteiger charge is 2.21. The van der Waals surface area contributed by atoms with Crippen LogP contribution in [-0.2, 0) is 11.2 Å². The number of rotatable bonds is 4. The fourth-order valence-electron chi connectivity index (χ4n) is 2.91. The van der Waals surface area contributed by atoms with Crippen molar-refractivity contribution in [3.05, 3.63) is 64.3 Å². The Bertz CT molecular complexity index is 990. The number of methoxy groups -OCH3 is 1. The fourth-order valence-corrected chi connectivity index (χ4v) is 3.13. The first-order valence-corrected chi connectivity index (χ1v) is 7.99. The summed E-state index contributed by atoms with van der Waals surface area (Å²) in [5.41, 5.74) is 2.34. The lowest BCUT2D eigenvalue weighted by Gasteiger charge is -2.10. The molecule has 0 radical (unpaired) electrons. The molecule has 2 aromatic carbocycles. The van der Waals surface area contributed by atoms with Gasteiger partial charge in [-0.15, -0.1) is 0 Å². The van der Waals surface area contributed by atoms with Crippen molar-refractivity contribution >= 4 is 34.4 Å². The minimum atomic E-state index is -0.968. The molecule has 0 aliphatic carbocycles. The van der Waals surface area contributed by atoms with Crippen LogP contribution in [0.1, 0.15) is 21.5 Å². The molecule has 0 aliphatic rings. The number of carbonyl (C=O) groups excluding carboxylic acids is 1. The van der Waals surface area contributed by atoms with Crippen LogP contribution in [0.15, 0.2) is 42.6 Å². The van der Waals surface area contributed by atoms with Crippen LogP contribution in [0.25, 0.3) is 10.9 Å². The summed E-state index contributed by atoms with van der Waals surface area (Å²) in [6.07, 6.45) is 1.36. The van der Waals surface area contributed by atoms with Gasteiger partial charge in [0, 0.05) is 11.6 Å². The van der Waals surface area contributed by atoms with E-state index in [1.54, 1.807) is 30.5 Å². The molecule has 0 saturated heterocycles. The average Bonchev–Trinajstić information content (AvgIpc) is 2.91. The van der Waals surface area contributed by atoms with E-state index < -0.39 is 5.97 Å². The van der Waals surface area contributed by atoms with Gasteiger partial charge in [-0.25, -0.2) is 0 Å². The zero-order chi connectivity index (χ0) is 18.1. The van der Waals surface area contributed by atoms with Crippen LogP contribution >= 0.6 is 11.6 Å². The molecule has 3 rings (SSSR count). The second kappa shape index (κ2) is 6.61. The first-order chi connectivity index (χ1) is 11.9. The Morgan fingerprint density at radius 2 is 1.96 bits per heavy atom. The van der Waals surface area contributed by atoms with Crippen molar-refractivity contribution in [2.24, 2.45) is 0 Å². The number of fused-ring (bicyclic) bond motifs is 1. The van der Waals surface area contributed by atoms with E-state index in [0.717, 1.165) is 5.56 Å². The maximum Gasteiger partial charge on any atom is 0.307 e. The van der Waals surface area contributed by atoms with Gasteiger partial charge >= 0.3 is 5.97 Å². The Kier molecular flexibility index (Phi) is 4.51. The van der Waals surface area contributed by atoms with Gasteiger partial charge in [0.2, 0.25) is 0 Å². The van der Waals surface area contributed by atoms with E-state index >= 15 is 0 Å². The van der Waals surface area contributed by atoms with Crippen LogP contribution in [0.5, 0.6) is 5.75 Å². The Morgan fingerprint density at radius 3 is 2.60 bits per heavy atom. The predicted octanol–water partition coefficient (Wildman–Crippen LogP) is 3.93. The van der Waals surface area contributed by atoms with Crippen molar-refractivity contribution in [2.75, 3.05) is 7.11 Å². The molecule has 0 saturated carbocycles. The van der Waals surface area contributed by atoms with Gasteiger partial charge in [-0.1, -0.05) is 23.7 Å². The van der Waals surface area contributed by atoms with Gasteiger partial charge in [0.15, 0.2) is 0 Å². The number of carbonyl (C=O) groups is 2. The number of hydrogen-bond acceptors (Lipinski definition) is 3. The number of aryl methyl sites for hydroxylation is 1. The SMILES string of the molecule is COc1cc(C)cc2c(CC(=O)O)cn(C(=O)c3ccccc3Cl)c12. The standard InChI is InChI=1S/C19H16ClNO4/c1-11-7-14-12(9-17(22)23)10-21(18(14)16(8-11)25-2)19(24)13-5-3-4-6-15(13)20/h3-8,10H,9H2,1-2H3,(H,22,23). The lowest BCUT2D eigenvalue weighted by molar-refractivity contribution is -0.136. The van der Waals surface area contributed by atoms with Crippen LogP contribution < -0.4 is 4.74 Å². The van der Waals surface area contributed by atoms with Crippen LogP contribution in [0.2, 0.25) is 5.02 Å². The minimum absolute atomic E-state index is 0.189. The number of halogens is 1. The molecule has 6 heteroatoms. The molecule has 0 fully saturated rings. The van der Waals surface area contributed by atoms with Gasteiger partial charge in [0.05, 0.1) is 29.6 Å². The van der Waals surface area contributed by atoms with E-state index in [2.05, 4.69) is 0 Å². The summed E-state index contributed by atoms with van der Waals surface area (Å²) in [6, 6.07) is 10.4. The van der Waals surface area contributed by atoms with Crippen LogP contribution in [0.3, 0.4) is 0 Å². The van der Waals surface area contributed by atoms with Crippen LogP contribution in [0.4, 0.5) is 0 Å². The zero-order valence-corrected chi connectivity index (χ0v) is 14.5. The lowest BCUT2D eigenvalue weighted by atomic mass is 10.1. The molecule has 25 heavy (non-hydrogen) atoms. The van der Waals surface area contributed by atoms with Gasteiger partial charge in [-0.05, 0) is 42.3 Å². The second-order valence-electron chi connectivity index (χ2n) is 5.74. The van der Waals surface area contributed by atoms with E-state index in [4.69, 9.17) is 16.3 Å². The summed E-state index contributed by atoms with van der Waals surface area (Å²) in [7, 11) is 1.52. The molecule has 1 heterocycles. The van der Waals surface area contributed by atoms with Crippen molar-refractivity contribution in [3.8, 4) is 5.75 Å². The third-order valence-corrected chi connectivity index (χ3v) is 4.31. The Morgan fingerprint density at radius 1 is 1.24 bits per heavy atom. The van der Waals surface area contributed by atoms with Crippen molar-refractivity contribution in [2.45, 2.75) is 13.3 Å². The van der Waals surface area contributed by atoms with Crippen molar-refractivity contribution in [1.29, 1.82) is 0 Å². The summed E-state index contributed by atoms with van der Waals surface area (Å²) >= 11 is 6.15. The molecular formula is C19H16ClNO4. The van der Waals surface area contributed by atoms with Crippen molar-refractivity contribution < 1.29 is 19.4 Å². The minimum Gasteiger partial charge on any atom is -0.495 e. The average molecular weight is 358 g/mol. The molecule has 128 valence electrons. The van der Waals surface area contributed by atoms with E-state index in [1.807, 2.05) is 19.1 Å². The maximum atomic E-state index is 13.0. The largest absolute Gasteiger partial charge is 0.495 e. The Labute approximate surface area is 149 Å².